The number of thioether (sulfide) groups is 1. The molecule has 0 unspecified atom stereocenters. The standard InChI is InChI=1S/C12H15N3S.C2H6/c1-10(2)15-13-8-12(14-15)16-9-11-6-4-3-5-7-11;1-2/h3-8,10H,9H2,1-2H3;1-2H3. The highest BCUT2D eigenvalue weighted by Crippen LogP contribution is 2.20. The highest BCUT2D eigenvalue weighted by Gasteiger charge is 2.04. The molecule has 1 heterocycles. The van der Waals surface area contributed by atoms with Gasteiger partial charge in [0.15, 0.2) is 0 Å². The molecule has 0 atom stereocenters. The molecule has 0 radical (unpaired) electrons. The van der Waals surface area contributed by atoms with Gasteiger partial charge in [-0.3, -0.25) is 0 Å². The normalized spacial score (nSPS) is 10.1. The fraction of sp³-hybridized carbons (Fsp3) is 0.429. The van der Waals surface area contributed by atoms with Crippen molar-refractivity contribution in [3.05, 3.63) is 42.1 Å². The van der Waals surface area contributed by atoms with E-state index in [2.05, 4.69) is 48.3 Å². The van der Waals surface area contributed by atoms with Gasteiger partial charge in [0.05, 0.1) is 12.2 Å². The highest BCUT2D eigenvalue weighted by atomic mass is 32.2. The summed E-state index contributed by atoms with van der Waals surface area (Å²) in [5, 5.41) is 9.59. The molecule has 0 saturated carbocycles. The summed E-state index contributed by atoms with van der Waals surface area (Å²) < 4.78 is 0. The fourth-order valence-electron chi connectivity index (χ4n) is 1.31. The summed E-state index contributed by atoms with van der Waals surface area (Å²) in [6.45, 7) is 8.15. The molecule has 0 bridgehead atoms. The van der Waals surface area contributed by atoms with Gasteiger partial charge in [-0.1, -0.05) is 55.9 Å². The van der Waals surface area contributed by atoms with Crippen LogP contribution in [0.15, 0.2) is 41.6 Å². The Labute approximate surface area is 114 Å². The first kappa shape index (κ1) is 14.8. The molecular formula is C14H21N3S. The van der Waals surface area contributed by atoms with Crippen molar-refractivity contribution in [3.8, 4) is 0 Å². The quantitative estimate of drug-likeness (QED) is 0.775. The second kappa shape index (κ2) is 7.93. The molecule has 0 aliphatic rings. The van der Waals surface area contributed by atoms with Crippen LogP contribution in [-0.2, 0) is 5.75 Å². The molecule has 2 rings (SSSR count). The van der Waals surface area contributed by atoms with Gasteiger partial charge in [-0.25, -0.2) is 0 Å². The predicted octanol–water partition coefficient (Wildman–Crippen LogP) is 4.18. The van der Waals surface area contributed by atoms with Crippen LogP contribution in [0.3, 0.4) is 0 Å². The third-order valence-electron chi connectivity index (χ3n) is 2.18. The van der Waals surface area contributed by atoms with Gasteiger partial charge in [-0.05, 0) is 19.4 Å². The van der Waals surface area contributed by atoms with Gasteiger partial charge >= 0.3 is 0 Å². The van der Waals surface area contributed by atoms with Crippen LogP contribution in [-0.4, -0.2) is 15.0 Å². The summed E-state index contributed by atoms with van der Waals surface area (Å²) in [6, 6.07) is 10.7. The van der Waals surface area contributed by atoms with Crippen molar-refractivity contribution in [2.75, 3.05) is 0 Å². The summed E-state index contributed by atoms with van der Waals surface area (Å²) in [4.78, 5) is 1.74. The minimum Gasteiger partial charge on any atom is -0.181 e. The lowest BCUT2D eigenvalue weighted by molar-refractivity contribution is 0.460. The van der Waals surface area contributed by atoms with E-state index in [1.807, 2.05) is 26.1 Å². The van der Waals surface area contributed by atoms with E-state index < -0.39 is 0 Å². The van der Waals surface area contributed by atoms with Crippen LogP contribution in [0.1, 0.15) is 39.3 Å². The second-order valence-corrected chi connectivity index (χ2v) is 4.87. The molecule has 18 heavy (non-hydrogen) atoms. The van der Waals surface area contributed by atoms with Gasteiger partial charge in [-0.15, -0.1) is 5.10 Å². The Kier molecular flexibility index (Phi) is 6.50. The van der Waals surface area contributed by atoms with Gasteiger partial charge in [0.25, 0.3) is 0 Å². The molecule has 4 heteroatoms. The number of hydrogen-bond donors (Lipinski definition) is 0. The number of benzene rings is 1. The van der Waals surface area contributed by atoms with Crippen molar-refractivity contribution >= 4 is 11.8 Å². The number of hydrogen-bond acceptors (Lipinski definition) is 3. The van der Waals surface area contributed by atoms with Gasteiger partial charge in [0.2, 0.25) is 0 Å². The zero-order valence-electron chi connectivity index (χ0n) is 11.5. The van der Waals surface area contributed by atoms with E-state index in [9.17, 15) is 0 Å². The summed E-state index contributed by atoms with van der Waals surface area (Å²) in [7, 11) is 0. The Morgan fingerprint density at radius 3 is 2.39 bits per heavy atom. The molecule has 1 aromatic heterocycles. The molecule has 0 saturated heterocycles. The van der Waals surface area contributed by atoms with E-state index in [1.54, 1.807) is 16.6 Å². The van der Waals surface area contributed by atoms with Crippen molar-refractivity contribution in [1.82, 2.24) is 15.0 Å². The molecule has 0 amide bonds. The monoisotopic (exact) mass is 263 g/mol. The topological polar surface area (TPSA) is 30.7 Å². The van der Waals surface area contributed by atoms with Crippen molar-refractivity contribution in [2.24, 2.45) is 0 Å². The fourth-order valence-corrected chi connectivity index (χ4v) is 2.08. The van der Waals surface area contributed by atoms with Crippen molar-refractivity contribution < 1.29 is 0 Å². The van der Waals surface area contributed by atoms with Gasteiger partial charge in [-0.2, -0.15) is 9.90 Å². The summed E-state index contributed by atoms with van der Waals surface area (Å²) in [5.41, 5.74) is 1.31. The molecule has 0 fully saturated rings. The Balaban J connectivity index is 0.000000771. The van der Waals surface area contributed by atoms with Crippen LogP contribution >= 0.6 is 11.8 Å². The lowest BCUT2D eigenvalue weighted by atomic mass is 10.2. The smallest absolute Gasteiger partial charge is 0.139 e. The van der Waals surface area contributed by atoms with Gasteiger partial charge in [0.1, 0.15) is 5.03 Å². The predicted molar refractivity (Wildman–Crippen MR) is 77.8 cm³/mol. The molecule has 98 valence electrons. The molecule has 2 aromatic rings. The van der Waals surface area contributed by atoms with E-state index in [0.29, 0.717) is 6.04 Å². The maximum atomic E-state index is 4.39. The van der Waals surface area contributed by atoms with E-state index in [4.69, 9.17) is 0 Å². The summed E-state index contributed by atoms with van der Waals surface area (Å²) in [5.74, 6) is 0.942. The average molecular weight is 263 g/mol. The molecule has 1 aromatic carbocycles. The molecular weight excluding hydrogens is 242 g/mol. The van der Waals surface area contributed by atoms with Gasteiger partial charge in [0, 0.05) is 5.75 Å². The minimum absolute atomic E-state index is 0.325. The highest BCUT2D eigenvalue weighted by molar-refractivity contribution is 7.98. The molecule has 0 spiro atoms. The number of nitrogens with zero attached hydrogens (tertiary/aromatic N) is 3. The molecule has 0 aliphatic heterocycles. The largest absolute Gasteiger partial charge is 0.181 e. The Bertz CT molecular complexity index is 437. The first-order valence-corrected chi connectivity index (χ1v) is 7.33. The van der Waals surface area contributed by atoms with E-state index in [0.717, 1.165) is 10.8 Å². The van der Waals surface area contributed by atoms with E-state index >= 15 is 0 Å². The Hall–Kier alpha value is -1.29. The van der Waals surface area contributed by atoms with Crippen molar-refractivity contribution in [3.63, 3.8) is 0 Å². The SMILES string of the molecule is CC.CC(C)n1ncc(SCc2ccccc2)n1. The van der Waals surface area contributed by atoms with Gasteiger partial charge < -0.3 is 0 Å². The van der Waals surface area contributed by atoms with Crippen molar-refractivity contribution in [2.45, 2.75) is 44.5 Å². The molecule has 0 aliphatic carbocycles. The molecule has 0 N–H and O–H groups in total. The average Bonchev–Trinajstić information content (AvgIpc) is 2.89. The third-order valence-corrected chi connectivity index (χ3v) is 3.14. The zero-order valence-corrected chi connectivity index (χ0v) is 12.3. The van der Waals surface area contributed by atoms with Crippen molar-refractivity contribution in [1.29, 1.82) is 0 Å². The maximum Gasteiger partial charge on any atom is 0.139 e. The van der Waals surface area contributed by atoms with Crippen LogP contribution in [0.2, 0.25) is 0 Å². The lowest BCUT2D eigenvalue weighted by Gasteiger charge is -2.01. The van der Waals surface area contributed by atoms with Crippen LogP contribution in [0.25, 0.3) is 0 Å². The van der Waals surface area contributed by atoms with Crippen LogP contribution < -0.4 is 0 Å². The third kappa shape index (κ3) is 4.53. The minimum atomic E-state index is 0.325. The number of rotatable bonds is 4. The Morgan fingerprint density at radius 2 is 1.83 bits per heavy atom. The first-order valence-electron chi connectivity index (χ1n) is 6.34. The van der Waals surface area contributed by atoms with Crippen LogP contribution in [0.5, 0.6) is 0 Å². The summed E-state index contributed by atoms with van der Waals surface area (Å²) in [6.07, 6.45) is 1.83. The Morgan fingerprint density at radius 1 is 1.17 bits per heavy atom. The van der Waals surface area contributed by atoms with E-state index in [-0.39, 0.29) is 0 Å². The number of aromatic nitrogens is 3. The maximum absolute atomic E-state index is 4.39. The first-order chi connectivity index (χ1) is 8.75. The second-order valence-electron chi connectivity index (χ2n) is 3.87. The summed E-state index contributed by atoms with van der Waals surface area (Å²) >= 11 is 1.72. The van der Waals surface area contributed by atoms with E-state index in [1.165, 1.54) is 5.56 Å². The van der Waals surface area contributed by atoms with Crippen LogP contribution in [0, 0.1) is 0 Å². The zero-order chi connectivity index (χ0) is 13.4. The lowest BCUT2D eigenvalue weighted by Crippen LogP contribution is -2.04. The van der Waals surface area contributed by atoms with Crippen LogP contribution in [0.4, 0.5) is 0 Å². The molecule has 3 nitrogen and oxygen atoms in total.